The van der Waals surface area contributed by atoms with Gasteiger partial charge in [0.2, 0.25) is 0 Å². The highest BCUT2D eigenvalue weighted by Gasteiger charge is 2.25. The van der Waals surface area contributed by atoms with Crippen molar-refractivity contribution < 1.29 is 14.5 Å². The van der Waals surface area contributed by atoms with Crippen LogP contribution < -0.4 is 5.73 Å². The Morgan fingerprint density at radius 1 is 1.56 bits per heavy atom. The van der Waals surface area contributed by atoms with Gasteiger partial charge in [0.05, 0.1) is 17.6 Å². The van der Waals surface area contributed by atoms with Crippen LogP contribution in [0.4, 0.5) is 5.69 Å². The minimum absolute atomic E-state index is 0.164. The monoisotopic (exact) mass is 224 g/mol. The Hall–Kier alpha value is -1.95. The molecule has 0 spiro atoms. The minimum atomic E-state index is -1.13. The number of benzene rings is 1. The van der Waals surface area contributed by atoms with Gasteiger partial charge in [0.25, 0.3) is 5.69 Å². The summed E-state index contributed by atoms with van der Waals surface area (Å²) in [7, 11) is 1.18. The molecule has 1 atom stereocenters. The lowest BCUT2D eigenvalue weighted by Crippen LogP contribution is -2.23. The van der Waals surface area contributed by atoms with Crippen molar-refractivity contribution in [3.05, 3.63) is 39.4 Å². The summed E-state index contributed by atoms with van der Waals surface area (Å²) in [5.74, 6) is -0.700. The molecule has 1 aromatic rings. The third kappa shape index (κ3) is 2.34. The maximum absolute atomic E-state index is 11.2. The third-order valence-electron chi connectivity index (χ3n) is 2.17. The molecular weight excluding hydrogens is 212 g/mol. The average Bonchev–Trinajstić information content (AvgIpc) is 2.26. The second-order valence-electron chi connectivity index (χ2n) is 3.32. The lowest BCUT2D eigenvalue weighted by molar-refractivity contribution is -0.385. The molecule has 0 fully saturated rings. The number of rotatable bonds is 3. The Bertz CT molecular complexity index is 431. The van der Waals surface area contributed by atoms with Crippen LogP contribution in [0.5, 0.6) is 0 Å². The average molecular weight is 224 g/mol. The van der Waals surface area contributed by atoms with Crippen molar-refractivity contribution in [1.82, 2.24) is 0 Å². The number of aryl methyl sites for hydroxylation is 1. The molecule has 0 aliphatic heterocycles. The number of carbonyl (C=O) groups excluding carboxylic acids is 1. The summed E-state index contributed by atoms with van der Waals surface area (Å²) < 4.78 is 4.45. The molecule has 0 saturated carbocycles. The fourth-order valence-corrected chi connectivity index (χ4v) is 1.34. The molecule has 0 radical (unpaired) electrons. The maximum Gasteiger partial charge on any atom is 0.327 e. The van der Waals surface area contributed by atoms with Crippen LogP contribution in [0.1, 0.15) is 17.2 Å². The number of hydrogen-bond donors (Lipinski definition) is 1. The topological polar surface area (TPSA) is 95.5 Å². The van der Waals surface area contributed by atoms with Gasteiger partial charge in [-0.3, -0.25) is 10.1 Å². The molecule has 1 unspecified atom stereocenters. The van der Waals surface area contributed by atoms with Crippen molar-refractivity contribution >= 4 is 11.7 Å². The molecule has 16 heavy (non-hydrogen) atoms. The molecule has 0 bridgehead atoms. The van der Waals surface area contributed by atoms with Gasteiger partial charge in [-0.1, -0.05) is 11.6 Å². The largest absolute Gasteiger partial charge is 0.468 e. The van der Waals surface area contributed by atoms with Crippen LogP contribution in [0, 0.1) is 17.0 Å². The van der Waals surface area contributed by atoms with Gasteiger partial charge < -0.3 is 10.5 Å². The molecule has 0 heterocycles. The predicted octanol–water partition coefficient (Wildman–Crippen LogP) is 1.08. The van der Waals surface area contributed by atoms with Crippen LogP contribution in [0.3, 0.4) is 0 Å². The number of nitro benzene ring substituents is 1. The van der Waals surface area contributed by atoms with Gasteiger partial charge in [0, 0.05) is 6.07 Å². The van der Waals surface area contributed by atoms with Gasteiger partial charge in [0.15, 0.2) is 0 Å². The summed E-state index contributed by atoms with van der Waals surface area (Å²) in [6, 6.07) is 3.30. The fourth-order valence-electron chi connectivity index (χ4n) is 1.34. The van der Waals surface area contributed by atoms with Crippen molar-refractivity contribution in [1.29, 1.82) is 0 Å². The third-order valence-corrected chi connectivity index (χ3v) is 2.17. The van der Waals surface area contributed by atoms with E-state index in [1.165, 1.54) is 19.2 Å². The lowest BCUT2D eigenvalue weighted by Gasteiger charge is -2.10. The van der Waals surface area contributed by atoms with Crippen molar-refractivity contribution in [2.45, 2.75) is 13.0 Å². The minimum Gasteiger partial charge on any atom is -0.468 e. The molecule has 1 rings (SSSR count). The van der Waals surface area contributed by atoms with Crippen LogP contribution >= 0.6 is 0 Å². The number of nitro groups is 1. The first-order valence-corrected chi connectivity index (χ1v) is 4.55. The Morgan fingerprint density at radius 3 is 2.69 bits per heavy atom. The van der Waals surface area contributed by atoms with Gasteiger partial charge in [0.1, 0.15) is 6.04 Å². The Balaban J connectivity index is 3.24. The number of hydrogen-bond acceptors (Lipinski definition) is 5. The van der Waals surface area contributed by atoms with Crippen molar-refractivity contribution in [2.75, 3.05) is 7.11 Å². The highest BCUT2D eigenvalue weighted by Crippen LogP contribution is 2.25. The lowest BCUT2D eigenvalue weighted by atomic mass is 10.0. The molecular formula is C10H12N2O4. The van der Waals surface area contributed by atoms with Crippen LogP contribution in [0.25, 0.3) is 0 Å². The zero-order valence-corrected chi connectivity index (χ0v) is 8.97. The van der Waals surface area contributed by atoms with Crippen LogP contribution in [0.15, 0.2) is 18.2 Å². The zero-order valence-electron chi connectivity index (χ0n) is 8.97. The Kier molecular flexibility index (Phi) is 3.57. The van der Waals surface area contributed by atoms with Gasteiger partial charge in [-0.2, -0.15) is 0 Å². The summed E-state index contributed by atoms with van der Waals surface area (Å²) >= 11 is 0. The van der Waals surface area contributed by atoms with E-state index < -0.39 is 16.9 Å². The van der Waals surface area contributed by atoms with Gasteiger partial charge in [-0.15, -0.1) is 0 Å². The first kappa shape index (κ1) is 12.1. The molecule has 2 N–H and O–H groups in total. The highest BCUT2D eigenvalue weighted by atomic mass is 16.6. The number of methoxy groups -OCH3 is 1. The van der Waals surface area contributed by atoms with E-state index in [1.807, 2.05) is 0 Å². The van der Waals surface area contributed by atoms with E-state index in [-0.39, 0.29) is 11.3 Å². The molecule has 0 aliphatic carbocycles. The van der Waals surface area contributed by atoms with E-state index in [1.54, 1.807) is 13.0 Å². The maximum atomic E-state index is 11.2. The smallest absolute Gasteiger partial charge is 0.327 e. The molecule has 0 aliphatic rings. The van der Waals surface area contributed by atoms with E-state index in [4.69, 9.17) is 5.73 Å². The number of esters is 1. The van der Waals surface area contributed by atoms with Crippen molar-refractivity contribution in [2.24, 2.45) is 5.73 Å². The summed E-state index contributed by atoms with van der Waals surface area (Å²) in [5.41, 5.74) is 6.36. The first-order valence-electron chi connectivity index (χ1n) is 4.55. The predicted molar refractivity (Wildman–Crippen MR) is 56.8 cm³/mol. The molecule has 0 aromatic heterocycles. The summed E-state index contributed by atoms with van der Waals surface area (Å²) in [4.78, 5) is 21.4. The Morgan fingerprint density at radius 2 is 2.19 bits per heavy atom. The Labute approximate surface area is 92.2 Å². The highest BCUT2D eigenvalue weighted by molar-refractivity contribution is 5.79. The second-order valence-corrected chi connectivity index (χ2v) is 3.32. The number of carbonyl (C=O) groups is 1. The van der Waals surface area contributed by atoms with Gasteiger partial charge >= 0.3 is 5.97 Å². The number of ether oxygens (including phenoxy) is 1. The summed E-state index contributed by atoms with van der Waals surface area (Å²) in [6.07, 6.45) is 0. The number of nitrogens with two attached hydrogens (primary N) is 1. The SMILES string of the molecule is COC(=O)C(N)c1cc(C)ccc1[N+](=O)[O-]. The standard InChI is InChI=1S/C10H12N2O4/c1-6-3-4-8(12(14)15)7(5-6)9(11)10(13)16-2/h3-5,9H,11H2,1-2H3. The van der Waals surface area contributed by atoms with E-state index in [2.05, 4.69) is 4.74 Å². The molecule has 86 valence electrons. The molecule has 6 heteroatoms. The normalized spacial score (nSPS) is 11.9. The van der Waals surface area contributed by atoms with E-state index in [0.717, 1.165) is 5.56 Å². The molecule has 1 aromatic carbocycles. The van der Waals surface area contributed by atoms with E-state index in [0.29, 0.717) is 0 Å². The zero-order chi connectivity index (χ0) is 12.3. The van der Waals surface area contributed by atoms with Crippen molar-refractivity contribution in [3.8, 4) is 0 Å². The summed E-state index contributed by atoms with van der Waals surface area (Å²) in [5, 5.41) is 10.7. The van der Waals surface area contributed by atoms with Crippen molar-refractivity contribution in [3.63, 3.8) is 0 Å². The molecule has 0 amide bonds. The summed E-state index contributed by atoms with van der Waals surface area (Å²) in [6.45, 7) is 1.76. The van der Waals surface area contributed by atoms with Crippen LogP contribution in [-0.2, 0) is 9.53 Å². The fraction of sp³-hybridized carbons (Fsp3) is 0.300. The van der Waals surface area contributed by atoms with Crippen LogP contribution in [-0.4, -0.2) is 18.0 Å². The van der Waals surface area contributed by atoms with Crippen LogP contribution in [0.2, 0.25) is 0 Å². The molecule has 0 saturated heterocycles. The molecule has 6 nitrogen and oxygen atoms in total. The van der Waals surface area contributed by atoms with Gasteiger partial charge in [-0.05, 0) is 13.0 Å². The van der Waals surface area contributed by atoms with Gasteiger partial charge in [-0.25, -0.2) is 4.79 Å². The van der Waals surface area contributed by atoms with E-state index in [9.17, 15) is 14.9 Å². The quantitative estimate of drug-likeness (QED) is 0.470. The number of nitrogens with zero attached hydrogens (tertiary/aromatic N) is 1. The van der Waals surface area contributed by atoms with E-state index >= 15 is 0 Å². The first-order chi connectivity index (χ1) is 7.47. The second kappa shape index (κ2) is 4.71.